The zero-order valence-corrected chi connectivity index (χ0v) is 16.6. The molecule has 4 rings (SSSR count). The number of anilines is 1. The Labute approximate surface area is 171 Å². The molecule has 0 saturated heterocycles. The van der Waals surface area contributed by atoms with Gasteiger partial charge in [-0.2, -0.15) is 0 Å². The molecule has 7 nitrogen and oxygen atoms in total. The van der Waals surface area contributed by atoms with E-state index in [9.17, 15) is 8.42 Å². The Morgan fingerprint density at radius 2 is 1.97 bits per heavy atom. The quantitative estimate of drug-likeness (QED) is 0.465. The number of thiazole rings is 1. The maximum atomic E-state index is 12.7. The summed E-state index contributed by atoms with van der Waals surface area (Å²) in [7, 11) is -3.75. The highest BCUT2D eigenvalue weighted by Crippen LogP contribution is 2.34. The van der Waals surface area contributed by atoms with Gasteiger partial charge in [0.1, 0.15) is 5.75 Å². The highest BCUT2D eigenvalue weighted by atomic mass is 32.2. The highest BCUT2D eigenvalue weighted by Gasteiger charge is 2.18. The largest absolute Gasteiger partial charge is 0.425 e. The predicted molar refractivity (Wildman–Crippen MR) is 112 cm³/mol. The van der Waals surface area contributed by atoms with Gasteiger partial charge in [-0.25, -0.2) is 20.0 Å². The lowest BCUT2D eigenvalue weighted by atomic mass is 10.0. The number of rotatable bonds is 6. The molecule has 2 heterocycles. The molecule has 0 radical (unpaired) electrons. The molecule has 0 atom stereocenters. The number of pyridine rings is 1. The first-order chi connectivity index (χ1) is 14.1. The Morgan fingerprint density at radius 3 is 2.76 bits per heavy atom. The van der Waals surface area contributed by atoms with Gasteiger partial charge in [0.25, 0.3) is 10.0 Å². The summed E-state index contributed by atoms with van der Waals surface area (Å²) in [5, 5.41) is 3.51. The minimum absolute atomic E-state index is 0.0907. The van der Waals surface area contributed by atoms with Crippen molar-refractivity contribution in [3.63, 3.8) is 0 Å². The number of nitrogens with zero attached hydrogens (tertiary/aromatic N) is 3. The summed E-state index contributed by atoms with van der Waals surface area (Å²) in [6.07, 6.45) is 3.16. The molecule has 2 aromatic carbocycles. The van der Waals surface area contributed by atoms with Gasteiger partial charge in [-0.1, -0.05) is 18.2 Å². The third-order valence-corrected chi connectivity index (χ3v) is 6.28. The zero-order valence-electron chi connectivity index (χ0n) is 14.9. The zero-order chi connectivity index (χ0) is 20.3. The molecule has 9 heteroatoms. The Hall–Kier alpha value is -3.48. The van der Waals surface area contributed by atoms with Gasteiger partial charge in [-0.05, 0) is 35.7 Å². The van der Waals surface area contributed by atoms with Crippen molar-refractivity contribution in [2.45, 2.75) is 4.90 Å². The molecule has 4 aromatic rings. The van der Waals surface area contributed by atoms with E-state index in [1.165, 1.54) is 23.6 Å². The molecule has 0 spiro atoms. The number of ether oxygens (including phenoxy) is 1. The van der Waals surface area contributed by atoms with Gasteiger partial charge in [0, 0.05) is 28.7 Å². The maximum absolute atomic E-state index is 12.7. The van der Waals surface area contributed by atoms with Crippen LogP contribution < -0.4 is 9.46 Å². The molecule has 0 aliphatic rings. The smallest absolute Gasteiger partial charge is 0.357 e. The summed E-state index contributed by atoms with van der Waals surface area (Å²) in [5.41, 5.74) is 1.39. The molecule has 0 aliphatic carbocycles. The molecule has 2 aromatic heterocycles. The first-order valence-corrected chi connectivity index (χ1v) is 10.8. The Morgan fingerprint density at radius 1 is 1.10 bits per heavy atom. The number of nitrogens with one attached hydrogen (secondary N) is 1. The Kier molecular flexibility index (Phi) is 5.12. The van der Waals surface area contributed by atoms with Crippen LogP contribution in [0, 0.1) is 6.57 Å². The Bertz CT molecular complexity index is 1310. The third-order valence-electron chi connectivity index (χ3n) is 4.13. The molecular formula is C20H14N4O3S2. The summed E-state index contributed by atoms with van der Waals surface area (Å²) in [4.78, 5) is 11.8. The van der Waals surface area contributed by atoms with Crippen LogP contribution in [-0.2, 0) is 10.0 Å². The molecule has 0 fully saturated rings. The van der Waals surface area contributed by atoms with Crippen molar-refractivity contribution < 1.29 is 13.2 Å². The standard InChI is InChI=1S/C20H14N4O3S2/c1-21-13-27-18-5-3-2-4-17(18)19-16-7-6-15(12-14(16)8-9-22-19)29(25,26)24-20-23-10-11-28-20/h2-12H,13H2,(H,23,24). The summed E-state index contributed by atoms with van der Waals surface area (Å²) in [5.74, 6) is 0.547. The normalized spacial score (nSPS) is 11.1. The molecule has 144 valence electrons. The fourth-order valence-electron chi connectivity index (χ4n) is 2.88. The number of hydrogen-bond acceptors (Lipinski definition) is 6. The van der Waals surface area contributed by atoms with E-state index in [1.807, 2.05) is 18.2 Å². The molecule has 1 N–H and O–H groups in total. The first-order valence-electron chi connectivity index (χ1n) is 8.45. The van der Waals surface area contributed by atoms with Crippen molar-refractivity contribution in [2.75, 3.05) is 11.5 Å². The van der Waals surface area contributed by atoms with Crippen LogP contribution in [-0.4, -0.2) is 25.1 Å². The lowest BCUT2D eigenvalue weighted by molar-refractivity contribution is 0.362. The van der Waals surface area contributed by atoms with E-state index in [2.05, 4.69) is 19.5 Å². The van der Waals surface area contributed by atoms with E-state index in [0.29, 0.717) is 16.6 Å². The molecule has 0 saturated carbocycles. The van der Waals surface area contributed by atoms with Crippen molar-refractivity contribution in [2.24, 2.45) is 0 Å². The van der Waals surface area contributed by atoms with Gasteiger partial charge in [0.05, 0.1) is 10.6 Å². The molecular weight excluding hydrogens is 408 g/mol. The minimum Gasteiger partial charge on any atom is -0.425 e. The maximum Gasteiger partial charge on any atom is 0.357 e. The topological polar surface area (TPSA) is 85.5 Å². The number of sulfonamides is 1. The van der Waals surface area contributed by atoms with Crippen LogP contribution in [0.1, 0.15) is 0 Å². The van der Waals surface area contributed by atoms with Gasteiger partial charge in [0.15, 0.2) is 5.13 Å². The van der Waals surface area contributed by atoms with Crippen LogP contribution in [0.4, 0.5) is 5.13 Å². The SMILES string of the molecule is [C-]#[N+]COc1ccccc1-c1nccc2cc(S(=O)(=O)Nc3nccs3)ccc12. The van der Waals surface area contributed by atoms with Crippen LogP contribution >= 0.6 is 11.3 Å². The molecule has 0 bridgehead atoms. The van der Waals surface area contributed by atoms with Crippen molar-refractivity contribution in [3.8, 4) is 17.0 Å². The van der Waals surface area contributed by atoms with E-state index in [0.717, 1.165) is 16.3 Å². The van der Waals surface area contributed by atoms with Crippen LogP contribution in [0.3, 0.4) is 0 Å². The fourth-order valence-corrected chi connectivity index (χ4v) is 4.70. The molecule has 0 unspecified atom stereocenters. The third kappa shape index (κ3) is 3.89. The summed E-state index contributed by atoms with van der Waals surface area (Å²) >= 11 is 1.21. The number of hydrogen-bond donors (Lipinski definition) is 1. The van der Waals surface area contributed by atoms with Crippen molar-refractivity contribution in [1.82, 2.24) is 9.97 Å². The van der Waals surface area contributed by atoms with Gasteiger partial charge in [-0.15, -0.1) is 11.3 Å². The average Bonchev–Trinajstić information content (AvgIpc) is 3.24. The average molecular weight is 422 g/mol. The van der Waals surface area contributed by atoms with Gasteiger partial charge in [0.2, 0.25) is 0 Å². The van der Waals surface area contributed by atoms with Crippen LogP contribution in [0.5, 0.6) is 5.75 Å². The Balaban J connectivity index is 1.78. The van der Waals surface area contributed by atoms with Crippen LogP contribution in [0.15, 0.2) is 71.2 Å². The van der Waals surface area contributed by atoms with Gasteiger partial charge in [-0.3, -0.25) is 14.6 Å². The van der Waals surface area contributed by atoms with Crippen molar-refractivity contribution in [3.05, 3.63) is 77.7 Å². The van der Waals surface area contributed by atoms with E-state index in [-0.39, 0.29) is 11.6 Å². The van der Waals surface area contributed by atoms with Crippen LogP contribution in [0.25, 0.3) is 26.9 Å². The second-order valence-electron chi connectivity index (χ2n) is 5.91. The van der Waals surface area contributed by atoms with Crippen molar-refractivity contribution in [1.29, 1.82) is 0 Å². The van der Waals surface area contributed by atoms with E-state index >= 15 is 0 Å². The number of fused-ring (bicyclic) bond motifs is 1. The van der Waals surface area contributed by atoms with Gasteiger partial charge < -0.3 is 4.74 Å². The van der Waals surface area contributed by atoms with Crippen LogP contribution in [0.2, 0.25) is 0 Å². The molecule has 29 heavy (non-hydrogen) atoms. The predicted octanol–water partition coefficient (Wildman–Crippen LogP) is 4.41. The summed E-state index contributed by atoms with van der Waals surface area (Å²) in [6, 6.07) is 13.9. The first kappa shape index (κ1) is 18.9. The van der Waals surface area contributed by atoms with E-state index in [4.69, 9.17) is 11.3 Å². The monoisotopic (exact) mass is 422 g/mol. The van der Waals surface area contributed by atoms with Crippen molar-refractivity contribution >= 4 is 37.3 Å². The highest BCUT2D eigenvalue weighted by molar-refractivity contribution is 7.93. The number of aromatic nitrogens is 2. The summed E-state index contributed by atoms with van der Waals surface area (Å²) < 4.78 is 33.3. The molecule has 0 aliphatic heterocycles. The van der Waals surface area contributed by atoms with E-state index < -0.39 is 10.0 Å². The lowest BCUT2D eigenvalue weighted by Crippen LogP contribution is -2.12. The fraction of sp³-hybridized carbons (Fsp3) is 0.0500. The minimum atomic E-state index is -3.75. The second kappa shape index (κ2) is 7.87. The van der Waals surface area contributed by atoms with E-state index in [1.54, 1.807) is 35.8 Å². The number of benzene rings is 2. The molecule has 0 amide bonds. The van der Waals surface area contributed by atoms with Gasteiger partial charge >= 0.3 is 6.73 Å². The summed E-state index contributed by atoms with van der Waals surface area (Å²) in [6.45, 7) is 6.84. The number of para-hydroxylation sites is 1. The lowest BCUT2D eigenvalue weighted by Gasteiger charge is -2.11. The second-order valence-corrected chi connectivity index (χ2v) is 8.49.